The van der Waals surface area contributed by atoms with Gasteiger partial charge in [0.15, 0.2) is 0 Å². The average Bonchev–Trinajstić information content (AvgIpc) is 2.46. The van der Waals surface area contributed by atoms with E-state index in [1.807, 2.05) is 37.3 Å². The number of rotatable bonds is 1. The molecule has 100 valence electrons. The van der Waals surface area contributed by atoms with E-state index in [0.29, 0.717) is 5.56 Å². The van der Waals surface area contributed by atoms with E-state index >= 15 is 0 Å². The van der Waals surface area contributed by atoms with Gasteiger partial charge in [0.05, 0.1) is 6.61 Å². The first-order valence-electron chi connectivity index (χ1n) is 6.59. The lowest BCUT2D eigenvalue weighted by molar-refractivity contribution is 0.288. The summed E-state index contributed by atoms with van der Waals surface area (Å²) in [5.41, 5.74) is 3.28. The van der Waals surface area contributed by atoms with Crippen molar-refractivity contribution in [2.75, 3.05) is 6.61 Å². The Kier molecular flexibility index (Phi) is 3.03. The topological polar surface area (TPSA) is 65.9 Å². The van der Waals surface area contributed by atoms with E-state index in [2.05, 4.69) is 4.98 Å². The van der Waals surface area contributed by atoms with Crippen molar-refractivity contribution in [1.82, 2.24) is 4.98 Å². The Hall–Kier alpha value is -2.54. The monoisotopic (exact) mass is 266 g/mol. The Morgan fingerprint density at radius 3 is 3.00 bits per heavy atom. The van der Waals surface area contributed by atoms with Crippen molar-refractivity contribution in [2.45, 2.75) is 19.8 Å². The highest BCUT2D eigenvalue weighted by atomic mass is 16.5. The molecule has 1 aliphatic heterocycles. The lowest BCUT2D eigenvalue weighted by Gasteiger charge is -2.18. The molecular formula is C16H14N2O2. The van der Waals surface area contributed by atoms with Crippen LogP contribution in [0.3, 0.4) is 0 Å². The Balaban J connectivity index is 2.19. The zero-order chi connectivity index (χ0) is 14.1. The average molecular weight is 266 g/mol. The van der Waals surface area contributed by atoms with Crippen LogP contribution in [-0.4, -0.2) is 11.6 Å². The molecule has 0 amide bonds. The second-order valence-corrected chi connectivity index (χ2v) is 4.96. The highest BCUT2D eigenvalue weighted by Crippen LogP contribution is 2.30. The number of ether oxygens (including phenoxy) is 1. The smallest absolute Gasteiger partial charge is 0.266 e. The molecule has 0 spiro atoms. The number of aromatic nitrogens is 1. The fraction of sp³-hybridized carbons (Fsp3) is 0.250. The molecule has 1 aromatic heterocycles. The molecule has 1 N–H and O–H groups in total. The van der Waals surface area contributed by atoms with Crippen molar-refractivity contribution in [3.05, 3.63) is 51.4 Å². The van der Waals surface area contributed by atoms with Crippen LogP contribution in [0, 0.1) is 18.3 Å². The minimum Gasteiger partial charge on any atom is -0.493 e. The van der Waals surface area contributed by atoms with Crippen LogP contribution in [0.4, 0.5) is 0 Å². The summed E-state index contributed by atoms with van der Waals surface area (Å²) in [7, 11) is 0. The van der Waals surface area contributed by atoms with Gasteiger partial charge in [0.25, 0.3) is 5.56 Å². The lowest BCUT2D eigenvalue weighted by atomic mass is 9.96. The fourth-order valence-electron chi connectivity index (χ4n) is 2.56. The molecule has 0 atom stereocenters. The van der Waals surface area contributed by atoms with E-state index in [1.54, 1.807) is 0 Å². The second-order valence-electron chi connectivity index (χ2n) is 4.96. The van der Waals surface area contributed by atoms with Crippen LogP contribution in [0.1, 0.15) is 23.2 Å². The van der Waals surface area contributed by atoms with E-state index in [4.69, 9.17) is 4.74 Å². The van der Waals surface area contributed by atoms with Crippen molar-refractivity contribution in [2.24, 2.45) is 0 Å². The van der Waals surface area contributed by atoms with Crippen molar-refractivity contribution in [3.8, 4) is 22.9 Å². The minimum atomic E-state index is -0.337. The van der Waals surface area contributed by atoms with Crippen LogP contribution in [0.15, 0.2) is 29.1 Å². The number of pyridine rings is 1. The summed E-state index contributed by atoms with van der Waals surface area (Å²) in [5, 5.41) is 9.20. The number of nitrogens with one attached hydrogen (secondary N) is 1. The van der Waals surface area contributed by atoms with E-state index in [-0.39, 0.29) is 11.1 Å². The number of hydrogen-bond donors (Lipinski definition) is 1. The van der Waals surface area contributed by atoms with Gasteiger partial charge in [-0.05, 0) is 49.1 Å². The van der Waals surface area contributed by atoms with Gasteiger partial charge in [0.2, 0.25) is 0 Å². The minimum absolute atomic E-state index is 0.160. The number of hydrogen-bond acceptors (Lipinski definition) is 3. The molecule has 0 bridgehead atoms. The third kappa shape index (κ3) is 2.08. The van der Waals surface area contributed by atoms with E-state index in [0.717, 1.165) is 42.0 Å². The van der Waals surface area contributed by atoms with Gasteiger partial charge in [-0.3, -0.25) is 4.79 Å². The van der Waals surface area contributed by atoms with Gasteiger partial charge in [-0.1, -0.05) is 6.07 Å². The standard InChI is InChI=1S/C16H14N2O2/c1-10-7-13(14(9-17)16(19)18-10)11-4-5-15-12(8-11)3-2-6-20-15/h4-5,7-8H,2-3,6H2,1H3,(H,18,19). The molecular weight excluding hydrogens is 252 g/mol. The van der Waals surface area contributed by atoms with Crippen LogP contribution in [-0.2, 0) is 6.42 Å². The lowest BCUT2D eigenvalue weighted by Crippen LogP contribution is -2.13. The number of H-pyrrole nitrogens is 1. The summed E-state index contributed by atoms with van der Waals surface area (Å²) in [6.45, 7) is 2.56. The molecule has 20 heavy (non-hydrogen) atoms. The Morgan fingerprint density at radius 1 is 1.35 bits per heavy atom. The zero-order valence-electron chi connectivity index (χ0n) is 11.2. The van der Waals surface area contributed by atoms with Gasteiger partial charge in [-0.25, -0.2) is 0 Å². The zero-order valence-corrected chi connectivity index (χ0v) is 11.2. The summed E-state index contributed by atoms with van der Waals surface area (Å²) < 4.78 is 5.59. The fourth-order valence-corrected chi connectivity index (χ4v) is 2.56. The molecule has 2 aromatic rings. The number of aromatic amines is 1. The molecule has 1 aromatic carbocycles. The number of aryl methyl sites for hydroxylation is 2. The molecule has 2 heterocycles. The predicted molar refractivity (Wildman–Crippen MR) is 75.8 cm³/mol. The highest BCUT2D eigenvalue weighted by Gasteiger charge is 2.14. The molecule has 0 fully saturated rings. The van der Waals surface area contributed by atoms with Gasteiger partial charge >= 0.3 is 0 Å². The molecule has 4 heteroatoms. The molecule has 1 aliphatic rings. The summed E-state index contributed by atoms with van der Waals surface area (Å²) >= 11 is 0. The highest BCUT2D eigenvalue weighted by molar-refractivity contribution is 5.71. The largest absolute Gasteiger partial charge is 0.493 e. The Labute approximate surface area is 116 Å². The van der Waals surface area contributed by atoms with Crippen molar-refractivity contribution in [3.63, 3.8) is 0 Å². The molecule has 0 saturated carbocycles. The second kappa shape index (κ2) is 4.86. The van der Waals surface area contributed by atoms with Crippen LogP contribution in [0.2, 0.25) is 0 Å². The van der Waals surface area contributed by atoms with Crippen LogP contribution in [0.5, 0.6) is 5.75 Å². The van der Waals surface area contributed by atoms with E-state index in [1.165, 1.54) is 0 Å². The van der Waals surface area contributed by atoms with Gasteiger partial charge in [-0.15, -0.1) is 0 Å². The van der Waals surface area contributed by atoms with Crippen molar-refractivity contribution in [1.29, 1.82) is 5.26 Å². The number of nitrogens with zero attached hydrogens (tertiary/aromatic N) is 1. The van der Waals surface area contributed by atoms with Gasteiger partial charge in [-0.2, -0.15) is 5.26 Å². The molecule has 0 aliphatic carbocycles. The van der Waals surface area contributed by atoms with Gasteiger partial charge < -0.3 is 9.72 Å². The SMILES string of the molecule is Cc1cc(-c2ccc3c(c2)CCCO3)c(C#N)c(=O)[nH]1. The van der Waals surface area contributed by atoms with E-state index in [9.17, 15) is 10.1 Å². The molecule has 0 unspecified atom stereocenters. The molecule has 3 rings (SSSR count). The molecule has 0 saturated heterocycles. The summed E-state index contributed by atoms with van der Waals surface area (Å²) in [5.74, 6) is 0.903. The summed E-state index contributed by atoms with van der Waals surface area (Å²) in [6, 6.07) is 9.67. The maximum atomic E-state index is 11.9. The Morgan fingerprint density at radius 2 is 2.20 bits per heavy atom. The van der Waals surface area contributed by atoms with Crippen LogP contribution in [0.25, 0.3) is 11.1 Å². The molecule has 4 nitrogen and oxygen atoms in total. The summed E-state index contributed by atoms with van der Waals surface area (Å²) in [4.78, 5) is 14.5. The number of fused-ring (bicyclic) bond motifs is 1. The quantitative estimate of drug-likeness (QED) is 0.862. The Bertz CT molecular complexity index is 769. The maximum absolute atomic E-state index is 11.9. The van der Waals surface area contributed by atoms with Crippen molar-refractivity contribution < 1.29 is 4.74 Å². The normalized spacial score (nSPS) is 13.2. The maximum Gasteiger partial charge on any atom is 0.266 e. The van der Waals surface area contributed by atoms with Gasteiger partial charge in [0, 0.05) is 11.3 Å². The van der Waals surface area contributed by atoms with E-state index < -0.39 is 0 Å². The first kappa shape index (κ1) is 12.5. The first-order chi connectivity index (χ1) is 9.69. The summed E-state index contributed by atoms with van der Waals surface area (Å²) in [6.07, 6.45) is 1.96. The third-order valence-electron chi connectivity index (χ3n) is 3.50. The van der Waals surface area contributed by atoms with Crippen LogP contribution < -0.4 is 10.3 Å². The number of benzene rings is 1. The third-order valence-corrected chi connectivity index (χ3v) is 3.50. The van der Waals surface area contributed by atoms with Crippen LogP contribution >= 0.6 is 0 Å². The first-order valence-corrected chi connectivity index (χ1v) is 6.59. The van der Waals surface area contributed by atoms with Gasteiger partial charge in [0.1, 0.15) is 17.4 Å². The number of nitriles is 1. The van der Waals surface area contributed by atoms with Crippen molar-refractivity contribution >= 4 is 0 Å². The predicted octanol–water partition coefficient (Wildman–Crippen LogP) is 2.55. The molecule has 0 radical (unpaired) electrons.